The largest absolute Gasteiger partial charge is 0.381 e. The highest BCUT2D eigenvalue weighted by Gasteiger charge is 2.42. The molecule has 7 heteroatoms. The summed E-state index contributed by atoms with van der Waals surface area (Å²) in [5.74, 6) is -0.0632. The number of ether oxygens (including phenoxy) is 1. The van der Waals surface area contributed by atoms with Gasteiger partial charge in [0.05, 0.1) is 11.4 Å². The summed E-state index contributed by atoms with van der Waals surface area (Å²) in [6.45, 7) is 3.04. The van der Waals surface area contributed by atoms with Crippen molar-refractivity contribution in [2.45, 2.75) is 57.3 Å². The van der Waals surface area contributed by atoms with Crippen molar-refractivity contribution in [3.8, 4) is 11.3 Å². The van der Waals surface area contributed by atoms with Crippen LogP contribution in [0.4, 0.5) is 4.79 Å². The fourth-order valence-electron chi connectivity index (χ4n) is 4.59. The first-order valence-corrected chi connectivity index (χ1v) is 11.6. The molecule has 2 aromatic rings. The first kappa shape index (κ1) is 21.1. The van der Waals surface area contributed by atoms with Gasteiger partial charge in [-0.2, -0.15) is 0 Å². The number of pyridine rings is 1. The Hall–Kier alpha value is -2.77. The van der Waals surface area contributed by atoms with Gasteiger partial charge in [0.1, 0.15) is 6.54 Å². The van der Waals surface area contributed by atoms with Crippen LogP contribution in [0.3, 0.4) is 0 Å². The van der Waals surface area contributed by atoms with E-state index in [-0.39, 0.29) is 24.5 Å². The Balaban J connectivity index is 1.20. The Labute approximate surface area is 188 Å². The molecule has 1 saturated carbocycles. The van der Waals surface area contributed by atoms with Crippen molar-refractivity contribution < 1.29 is 14.3 Å². The zero-order valence-corrected chi connectivity index (χ0v) is 18.3. The third-order valence-corrected chi connectivity index (χ3v) is 6.73. The second-order valence-corrected chi connectivity index (χ2v) is 8.97. The minimum absolute atomic E-state index is 0.0632. The molecular weight excluding hydrogens is 404 g/mol. The molecule has 0 bridgehead atoms. The summed E-state index contributed by atoms with van der Waals surface area (Å²) in [5, 5.41) is 3.58. The SMILES string of the molecule is O=C1CN(Cc2ccc(-c3cccc(CNC4CCOCC4)n3)cc2)C(=O)N1C1CCC1. The molecule has 1 aromatic heterocycles. The van der Waals surface area contributed by atoms with Gasteiger partial charge in [0, 0.05) is 44.0 Å². The summed E-state index contributed by atoms with van der Waals surface area (Å²) in [4.78, 5) is 32.9. The van der Waals surface area contributed by atoms with E-state index in [0.29, 0.717) is 12.6 Å². The van der Waals surface area contributed by atoms with Crippen molar-refractivity contribution in [2.75, 3.05) is 19.8 Å². The molecule has 5 rings (SSSR count). The molecule has 0 spiro atoms. The van der Waals surface area contributed by atoms with Crippen molar-refractivity contribution >= 4 is 11.9 Å². The molecule has 2 aliphatic heterocycles. The standard InChI is InChI=1S/C25H30N4O3/c30-24-17-28(25(31)29(24)22-4-2-5-22)16-18-7-9-19(10-8-18)23-6-1-3-21(27-23)15-26-20-11-13-32-14-12-20/h1,3,6-10,20,22,26H,2,4-5,11-17H2. The van der Waals surface area contributed by atoms with E-state index in [1.54, 1.807) is 4.90 Å². The van der Waals surface area contributed by atoms with Crippen LogP contribution in [0.1, 0.15) is 43.4 Å². The molecule has 3 heterocycles. The van der Waals surface area contributed by atoms with Crippen LogP contribution in [0.5, 0.6) is 0 Å². The number of hydrogen-bond acceptors (Lipinski definition) is 5. The Bertz CT molecular complexity index is 967. The molecule has 0 radical (unpaired) electrons. The zero-order chi connectivity index (χ0) is 21.9. The van der Waals surface area contributed by atoms with E-state index < -0.39 is 0 Å². The van der Waals surface area contributed by atoms with Crippen LogP contribution in [0.2, 0.25) is 0 Å². The van der Waals surface area contributed by atoms with E-state index in [9.17, 15) is 9.59 Å². The van der Waals surface area contributed by atoms with Crippen LogP contribution in [-0.4, -0.2) is 58.6 Å². The summed E-state index contributed by atoms with van der Waals surface area (Å²) in [5.41, 5.74) is 4.02. The number of aromatic nitrogens is 1. The molecule has 168 valence electrons. The van der Waals surface area contributed by atoms with Gasteiger partial charge in [-0.1, -0.05) is 30.3 Å². The third-order valence-electron chi connectivity index (χ3n) is 6.73. The van der Waals surface area contributed by atoms with E-state index in [1.165, 1.54) is 4.90 Å². The van der Waals surface area contributed by atoms with Gasteiger partial charge >= 0.3 is 6.03 Å². The summed E-state index contributed by atoms with van der Waals surface area (Å²) >= 11 is 0. The van der Waals surface area contributed by atoms with Gasteiger partial charge in [0.25, 0.3) is 5.91 Å². The normalized spacial score (nSPS) is 20.1. The maximum Gasteiger partial charge on any atom is 0.327 e. The van der Waals surface area contributed by atoms with Crippen LogP contribution < -0.4 is 5.32 Å². The number of carbonyl (C=O) groups excluding carboxylic acids is 2. The highest BCUT2D eigenvalue weighted by Crippen LogP contribution is 2.29. The lowest BCUT2D eigenvalue weighted by Gasteiger charge is -2.32. The van der Waals surface area contributed by atoms with Gasteiger partial charge in [-0.15, -0.1) is 0 Å². The van der Waals surface area contributed by atoms with Crippen LogP contribution in [-0.2, 0) is 22.6 Å². The molecule has 1 aromatic carbocycles. The first-order chi connectivity index (χ1) is 15.7. The van der Waals surface area contributed by atoms with E-state index >= 15 is 0 Å². The number of nitrogens with zero attached hydrogens (tertiary/aromatic N) is 3. The number of nitrogens with one attached hydrogen (secondary N) is 1. The average molecular weight is 435 g/mol. The number of urea groups is 1. The zero-order valence-electron chi connectivity index (χ0n) is 18.3. The molecule has 1 N–H and O–H groups in total. The van der Waals surface area contributed by atoms with Crippen molar-refractivity contribution in [3.05, 3.63) is 53.7 Å². The van der Waals surface area contributed by atoms with Gasteiger partial charge in [0.15, 0.2) is 0 Å². The predicted octanol–water partition coefficient (Wildman–Crippen LogP) is 3.33. The quantitative estimate of drug-likeness (QED) is 0.677. The van der Waals surface area contributed by atoms with Gasteiger partial charge in [0.2, 0.25) is 0 Å². The highest BCUT2D eigenvalue weighted by atomic mass is 16.5. The van der Waals surface area contributed by atoms with Crippen LogP contribution >= 0.6 is 0 Å². The third kappa shape index (κ3) is 4.54. The van der Waals surface area contributed by atoms with Crippen LogP contribution in [0, 0.1) is 0 Å². The maximum atomic E-state index is 12.7. The Kier molecular flexibility index (Phi) is 6.19. The Morgan fingerprint density at radius 1 is 1.00 bits per heavy atom. The van der Waals surface area contributed by atoms with Crippen LogP contribution in [0.25, 0.3) is 11.3 Å². The van der Waals surface area contributed by atoms with E-state index in [0.717, 1.165) is 74.4 Å². The lowest BCUT2D eigenvalue weighted by atomic mass is 9.92. The fourth-order valence-corrected chi connectivity index (χ4v) is 4.59. The first-order valence-electron chi connectivity index (χ1n) is 11.6. The fraction of sp³-hybridized carbons (Fsp3) is 0.480. The minimum atomic E-state index is -0.143. The summed E-state index contributed by atoms with van der Waals surface area (Å²) in [7, 11) is 0. The van der Waals surface area contributed by atoms with Crippen molar-refractivity contribution in [1.29, 1.82) is 0 Å². The Morgan fingerprint density at radius 3 is 2.50 bits per heavy atom. The number of benzene rings is 1. The summed E-state index contributed by atoms with van der Waals surface area (Å²) in [6, 6.07) is 14.7. The predicted molar refractivity (Wildman–Crippen MR) is 121 cm³/mol. The van der Waals surface area contributed by atoms with E-state index in [4.69, 9.17) is 9.72 Å². The molecule has 3 fully saturated rings. The minimum Gasteiger partial charge on any atom is -0.381 e. The monoisotopic (exact) mass is 434 g/mol. The lowest BCUT2D eigenvalue weighted by Crippen LogP contribution is -2.44. The summed E-state index contributed by atoms with van der Waals surface area (Å²) in [6.07, 6.45) is 5.08. The number of hydrogen-bond donors (Lipinski definition) is 1. The van der Waals surface area contributed by atoms with Crippen molar-refractivity contribution in [2.24, 2.45) is 0 Å². The molecule has 32 heavy (non-hydrogen) atoms. The molecule has 0 unspecified atom stereocenters. The topological polar surface area (TPSA) is 74.8 Å². The number of amides is 3. The highest BCUT2D eigenvalue weighted by molar-refractivity contribution is 6.02. The number of imide groups is 1. The maximum absolute atomic E-state index is 12.7. The van der Waals surface area contributed by atoms with Crippen molar-refractivity contribution in [1.82, 2.24) is 20.1 Å². The van der Waals surface area contributed by atoms with Crippen molar-refractivity contribution in [3.63, 3.8) is 0 Å². The van der Waals surface area contributed by atoms with Gasteiger partial charge in [-0.3, -0.25) is 14.7 Å². The molecule has 7 nitrogen and oxygen atoms in total. The molecule has 2 saturated heterocycles. The Morgan fingerprint density at radius 2 is 1.78 bits per heavy atom. The van der Waals surface area contributed by atoms with Gasteiger partial charge in [-0.05, 0) is 49.8 Å². The second kappa shape index (κ2) is 9.38. The number of carbonyl (C=O) groups is 2. The van der Waals surface area contributed by atoms with Gasteiger partial charge in [-0.25, -0.2) is 4.79 Å². The molecule has 3 aliphatic rings. The smallest absolute Gasteiger partial charge is 0.327 e. The molecule has 1 aliphatic carbocycles. The van der Waals surface area contributed by atoms with Gasteiger partial charge < -0.3 is 15.0 Å². The van der Waals surface area contributed by atoms with E-state index in [2.05, 4.69) is 5.32 Å². The molecule has 0 atom stereocenters. The average Bonchev–Trinajstić information content (AvgIpc) is 3.06. The number of rotatable bonds is 7. The molecular formula is C25H30N4O3. The van der Waals surface area contributed by atoms with Crippen LogP contribution in [0.15, 0.2) is 42.5 Å². The second-order valence-electron chi connectivity index (χ2n) is 8.97. The lowest BCUT2D eigenvalue weighted by molar-refractivity contribution is -0.128. The molecule has 3 amide bonds. The van der Waals surface area contributed by atoms with E-state index in [1.807, 2.05) is 42.5 Å². The summed E-state index contributed by atoms with van der Waals surface area (Å²) < 4.78 is 5.42.